The Labute approximate surface area is 139 Å². The van der Waals surface area contributed by atoms with Gasteiger partial charge in [0.25, 0.3) is 5.91 Å². The van der Waals surface area contributed by atoms with Gasteiger partial charge in [-0.25, -0.2) is 0 Å². The second kappa shape index (κ2) is 6.73. The van der Waals surface area contributed by atoms with Crippen molar-refractivity contribution in [3.8, 4) is 0 Å². The molecule has 0 radical (unpaired) electrons. The van der Waals surface area contributed by atoms with Crippen LogP contribution in [-0.2, 0) is 10.2 Å². The van der Waals surface area contributed by atoms with E-state index in [1.807, 2.05) is 29.7 Å². The molecule has 1 aromatic rings. The van der Waals surface area contributed by atoms with Crippen molar-refractivity contribution in [3.63, 3.8) is 0 Å². The lowest BCUT2D eigenvalue weighted by Gasteiger charge is -2.35. The van der Waals surface area contributed by atoms with Crippen LogP contribution in [0.5, 0.6) is 0 Å². The zero-order valence-electron chi connectivity index (χ0n) is 15.0. The van der Waals surface area contributed by atoms with Crippen molar-refractivity contribution >= 4 is 11.8 Å². The summed E-state index contributed by atoms with van der Waals surface area (Å²) >= 11 is 0. The molecule has 0 N–H and O–H groups in total. The number of benzene rings is 1. The first-order chi connectivity index (χ1) is 10.7. The van der Waals surface area contributed by atoms with E-state index < -0.39 is 0 Å². The van der Waals surface area contributed by atoms with Crippen molar-refractivity contribution in [1.29, 1.82) is 0 Å². The minimum atomic E-state index is 0.0755. The monoisotopic (exact) mass is 316 g/mol. The first kappa shape index (κ1) is 17.5. The van der Waals surface area contributed by atoms with Gasteiger partial charge in [0.2, 0.25) is 5.91 Å². The number of aryl methyl sites for hydroxylation is 1. The molecule has 1 aromatic carbocycles. The Morgan fingerprint density at radius 3 is 2.09 bits per heavy atom. The second-order valence-electron chi connectivity index (χ2n) is 7.31. The summed E-state index contributed by atoms with van der Waals surface area (Å²) in [5.74, 6) is 0.245. The number of carbonyl (C=O) groups is 2. The van der Waals surface area contributed by atoms with Crippen LogP contribution in [-0.4, -0.2) is 47.8 Å². The molecule has 0 saturated carbocycles. The van der Waals surface area contributed by atoms with Crippen molar-refractivity contribution < 1.29 is 9.59 Å². The van der Waals surface area contributed by atoms with Crippen LogP contribution in [0.4, 0.5) is 0 Å². The van der Waals surface area contributed by atoms with E-state index in [-0.39, 0.29) is 17.2 Å². The lowest BCUT2D eigenvalue weighted by atomic mass is 9.85. The molecule has 0 aromatic heterocycles. The average molecular weight is 316 g/mol. The summed E-state index contributed by atoms with van der Waals surface area (Å²) in [6, 6.07) is 6.11. The molecule has 4 heteroatoms. The number of carbonyl (C=O) groups excluding carboxylic acids is 2. The smallest absolute Gasteiger partial charge is 0.254 e. The van der Waals surface area contributed by atoms with Gasteiger partial charge in [0.15, 0.2) is 0 Å². The third-order valence-corrected chi connectivity index (χ3v) is 4.54. The van der Waals surface area contributed by atoms with E-state index >= 15 is 0 Å². The minimum absolute atomic E-state index is 0.0755. The van der Waals surface area contributed by atoms with Crippen LogP contribution in [0.15, 0.2) is 18.2 Å². The van der Waals surface area contributed by atoms with Crippen molar-refractivity contribution in [2.75, 3.05) is 26.2 Å². The average Bonchev–Trinajstić information content (AvgIpc) is 2.52. The van der Waals surface area contributed by atoms with Gasteiger partial charge in [0.1, 0.15) is 0 Å². The highest BCUT2D eigenvalue weighted by atomic mass is 16.2. The van der Waals surface area contributed by atoms with Gasteiger partial charge in [-0.05, 0) is 29.5 Å². The number of piperazine rings is 1. The molecule has 1 heterocycles. The van der Waals surface area contributed by atoms with Crippen molar-refractivity contribution in [2.24, 2.45) is 0 Å². The third-order valence-electron chi connectivity index (χ3n) is 4.54. The van der Waals surface area contributed by atoms with Gasteiger partial charge in [-0.2, -0.15) is 0 Å². The summed E-state index contributed by atoms with van der Waals surface area (Å²) in [6.45, 7) is 12.9. The van der Waals surface area contributed by atoms with Gasteiger partial charge >= 0.3 is 0 Å². The predicted molar refractivity (Wildman–Crippen MR) is 92.7 cm³/mol. The highest BCUT2D eigenvalue weighted by Crippen LogP contribution is 2.25. The van der Waals surface area contributed by atoms with E-state index in [9.17, 15) is 9.59 Å². The standard InChI is InChI=1S/C19H28N2O2/c1-6-17(22)20-9-11-21(12-10-20)18(23)16-8-7-15(13-14(16)2)19(3,4)5/h7-8,13H,6,9-12H2,1-5H3. The van der Waals surface area contributed by atoms with Gasteiger partial charge in [-0.1, -0.05) is 39.8 Å². The molecule has 0 bridgehead atoms. The van der Waals surface area contributed by atoms with Gasteiger partial charge < -0.3 is 9.80 Å². The van der Waals surface area contributed by atoms with E-state index in [0.29, 0.717) is 32.6 Å². The lowest BCUT2D eigenvalue weighted by molar-refractivity contribution is -0.132. The van der Waals surface area contributed by atoms with Crippen LogP contribution in [0, 0.1) is 6.92 Å². The molecule has 0 unspecified atom stereocenters. The summed E-state index contributed by atoms with van der Waals surface area (Å²) in [5, 5.41) is 0. The molecule has 2 rings (SSSR count). The molecule has 4 nitrogen and oxygen atoms in total. The maximum absolute atomic E-state index is 12.8. The lowest BCUT2D eigenvalue weighted by Crippen LogP contribution is -2.50. The summed E-state index contributed by atoms with van der Waals surface area (Å²) in [4.78, 5) is 28.2. The van der Waals surface area contributed by atoms with Crippen LogP contribution in [0.25, 0.3) is 0 Å². The van der Waals surface area contributed by atoms with E-state index in [2.05, 4.69) is 32.9 Å². The fourth-order valence-corrected chi connectivity index (χ4v) is 2.92. The van der Waals surface area contributed by atoms with Crippen molar-refractivity contribution in [2.45, 2.75) is 46.5 Å². The van der Waals surface area contributed by atoms with E-state index in [1.165, 1.54) is 5.56 Å². The molecule has 2 amide bonds. The zero-order chi connectivity index (χ0) is 17.2. The fraction of sp³-hybridized carbons (Fsp3) is 0.579. The molecule has 1 fully saturated rings. The Hall–Kier alpha value is -1.84. The van der Waals surface area contributed by atoms with E-state index in [0.717, 1.165) is 11.1 Å². The Bertz CT molecular complexity index is 594. The van der Waals surface area contributed by atoms with Crippen LogP contribution in [0.1, 0.15) is 55.6 Å². The molecular formula is C19H28N2O2. The summed E-state index contributed by atoms with van der Waals surface area (Å²) in [5.41, 5.74) is 3.12. The maximum Gasteiger partial charge on any atom is 0.254 e. The van der Waals surface area contributed by atoms with Gasteiger partial charge in [-0.3, -0.25) is 9.59 Å². The van der Waals surface area contributed by atoms with Gasteiger partial charge in [-0.15, -0.1) is 0 Å². The topological polar surface area (TPSA) is 40.6 Å². The Kier molecular flexibility index (Phi) is 5.12. The molecule has 23 heavy (non-hydrogen) atoms. The van der Waals surface area contributed by atoms with Gasteiger partial charge in [0, 0.05) is 38.2 Å². The summed E-state index contributed by atoms with van der Waals surface area (Å²) < 4.78 is 0. The predicted octanol–water partition coefficient (Wildman–Crippen LogP) is 2.99. The second-order valence-corrected chi connectivity index (χ2v) is 7.31. The maximum atomic E-state index is 12.8. The van der Waals surface area contributed by atoms with Crippen molar-refractivity contribution in [1.82, 2.24) is 9.80 Å². The first-order valence-electron chi connectivity index (χ1n) is 8.42. The van der Waals surface area contributed by atoms with Crippen LogP contribution in [0.2, 0.25) is 0 Å². The van der Waals surface area contributed by atoms with Crippen molar-refractivity contribution in [3.05, 3.63) is 34.9 Å². The Morgan fingerprint density at radius 2 is 1.61 bits per heavy atom. The normalized spacial score (nSPS) is 15.7. The zero-order valence-corrected chi connectivity index (χ0v) is 15.0. The largest absolute Gasteiger partial charge is 0.339 e. The molecule has 0 aliphatic carbocycles. The number of nitrogens with zero attached hydrogens (tertiary/aromatic N) is 2. The summed E-state index contributed by atoms with van der Waals surface area (Å²) in [6.07, 6.45) is 0.529. The van der Waals surface area contributed by atoms with Gasteiger partial charge in [0.05, 0.1) is 0 Å². The van der Waals surface area contributed by atoms with Crippen LogP contribution < -0.4 is 0 Å². The molecule has 0 spiro atoms. The SMILES string of the molecule is CCC(=O)N1CCN(C(=O)c2ccc(C(C)(C)C)cc2C)CC1. The highest BCUT2D eigenvalue weighted by Gasteiger charge is 2.25. The minimum Gasteiger partial charge on any atom is -0.339 e. The highest BCUT2D eigenvalue weighted by molar-refractivity contribution is 5.96. The van der Waals surface area contributed by atoms with E-state index in [4.69, 9.17) is 0 Å². The molecule has 1 saturated heterocycles. The molecule has 1 aliphatic rings. The number of rotatable bonds is 2. The Morgan fingerprint density at radius 1 is 1.04 bits per heavy atom. The first-order valence-corrected chi connectivity index (χ1v) is 8.42. The Balaban J connectivity index is 2.09. The van der Waals surface area contributed by atoms with E-state index in [1.54, 1.807) is 0 Å². The molecular weight excluding hydrogens is 288 g/mol. The number of amides is 2. The number of hydrogen-bond donors (Lipinski definition) is 0. The van der Waals surface area contributed by atoms with Crippen LogP contribution >= 0.6 is 0 Å². The van der Waals surface area contributed by atoms with Crippen LogP contribution in [0.3, 0.4) is 0 Å². The molecule has 126 valence electrons. The summed E-state index contributed by atoms with van der Waals surface area (Å²) in [7, 11) is 0. The molecule has 1 aliphatic heterocycles. The number of hydrogen-bond acceptors (Lipinski definition) is 2. The quantitative estimate of drug-likeness (QED) is 0.841. The molecule has 0 atom stereocenters. The third kappa shape index (κ3) is 3.92. The fourth-order valence-electron chi connectivity index (χ4n) is 2.92.